The van der Waals surface area contributed by atoms with E-state index < -0.39 is 11.7 Å². The molecule has 1 unspecified atom stereocenters. The minimum atomic E-state index is -0.825. The van der Waals surface area contributed by atoms with E-state index in [0.29, 0.717) is 5.92 Å². The third-order valence-corrected chi connectivity index (χ3v) is 4.06. The Morgan fingerprint density at radius 2 is 2.09 bits per heavy atom. The maximum absolute atomic E-state index is 13.9. The van der Waals surface area contributed by atoms with Crippen molar-refractivity contribution in [3.05, 3.63) is 58.9 Å². The van der Waals surface area contributed by atoms with Crippen LogP contribution in [0.25, 0.3) is 0 Å². The first kappa shape index (κ1) is 14.6. The predicted octanol–water partition coefficient (Wildman–Crippen LogP) is 2.08. The van der Waals surface area contributed by atoms with Crippen LogP contribution in [-0.2, 0) is 19.3 Å². The van der Waals surface area contributed by atoms with Crippen molar-refractivity contribution in [2.24, 2.45) is 5.92 Å². The van der Waals surface area contributed by atoms with Crippen LogP contribution >= 0.6 is 0 Å². The van der Waals surface area contributed by atoms with Gasteiger partial charge in [0, 0.05) is 18.8 Å². The molecule has 2 aromatic rings. The third-order valence-electron chi connectivity index (χ3n) is 4.06. The van der Waals surface area contributed by atoms with E-state index in [0.717, 1.165) is 42.6 Å². The fourth-order valence-corrected chi connectivity index (χ4v) is 2.96. The highest BCUT2D eigenvalue weighted by atomic mass is 19.1. The number of hydrogen-bond donors (Lipinski definition) is 2. The molecule has 0 radical (unpaired) electrons. The summed E-state index contributed by atoms with van der Waals surface area (Å²) in [6.07, 6.45) is 6.66. The molecule has 22 heavy (non-hydrogen) atoms. The van der Waals surface area contributed by atoms with Gasteiger partial charge in [0.15, 0.2) is 0 Å². The van der Waals surface area contributed by atoms with E-state index in [1.165, 1.54) is 17.6 Å². The van der Waals surface area contributed by atoms with Crippen LogP contribution in [0, 0.1) is 11.7 Å². The Hall–Kier alpha value is -2.34. The number of carbonyl (C=O) groups is 1. The standard InChI is InChI=1S/C16H16FN3O2/c17-14-9-11-3-2-10(7-15-18-4-1-5-19-15)6-12(11)8-13(14)16(21)20-22/h1,4-5,8-10,22H,2-3,6-7H2,(H,20,21). The summed E-state index contributed by atoms with van der Waals surface area (Å²) in [4.78, 5) is 19.9. The normalized spacial score (nSPS) is 16.9. The molecule has 0 saturated carbocycles. The van der Waals surface area contributed by atoms with Crippen molar-refractivity contribution < 1.29 is 14.4 Å². The zero-order valence-electron chi connectivity index (χ0n) is 11.9. The van der Waals surface area contributed by atoms with Gasteiger partial charge in [-0.3, -0.25) is 10.0 Å². The van der Waals surface area contributed by atoms with E-state index in [4.69, 9.17) is 5.21 Å². The molecule has 2 N–H and O–H groups in total. The summed E-state index contributed by atoms with van der Waals surface area (Å²) in [7, 11) is 0. The molecule has 1 atom stereocenters. The van der Waals surface area contributed by atoms with Gasteiger partial charge in [0.25, 0.3) is 5.91 Å². The van der Waals surface area contributed by atoms with Crippen molar-refractivity contribution >= 4 is 5.91 Å². The fraction of sp³-hybridized carbons (Fsp3) is 0.312. The summed E-state index contributed by atoms with van der Waals surface area (Å²) in [6, 6.07) is 4.71. The number of halogens is 1. The highest BCUT2D eigenvalue weighted by molar-refractivity contribution is 5.93. The summed E-state index contributed by atoms with van der Waals surface area (Å²) < 4.78 is 13.9. The lowest BCUT2D eigenvalue weighted by Crippen LogP contribution is -2.23. The Morgan fingerprint density at radius 1 is 1.32 bits per heavy atom. The summed E-state index contributed by atoms with van der Waals surface area (Å²) in [6.45, 7) is 0. The molecule has 114 valence electrons. The van der Waals surface area contributed by atoms with Gasteiger partial charge in [-0.25, -0.2) is 19.8 Å². The Bertz CT molecular complexity index is 691. The Labute approximate surface area is 127 Å². The average molecular weight is 301 g/mol. The van der Waals surface area contributed by atoms with Crippen molar-refractivity contribution in [1.82, 2.24) is 15.4 Å². The molecule has 1 aliphatic carbocycles. The number of hydroxylamine groups is 1. The van der Waals surface area contributed by atoms with Crippen LogP contribution in [0.2, 0.25) is 0 Å². The largest absolute Gasteiger partial charge is 0.288 e. The zero-order valence-corrected chi connectivity index (χ0v) is 11.9. The number of carbonyl (C=O) groups excluding carboxylic acids is 1. The Balaban J connectivity index is 1.81. The Kier molecular flexibility index (Phi) is 4.11. The van der Waals surface area contributed by atoms with Gasteiger partial charge >= 0.3 is 0 Å². The molecule has 1 aromatic heterocycles. The highest BCUT2D eigenvalue weighted by Crippen LogP contribution is 2.29. The van der Waals surface area contributed by atoms with Crippen molar-refractivity contribution in [3.8, 4) is 0 Å². The lowest BCUT2D eigenvalue weighted by atomic mass is 9.81. The van der Waals surface area contributed by atoms with Crippen molar-refractivity contribution in [3.63, 3.8) is 0 Å². The quantitative estimate of drug-likeness (QED) is 0.672. The van der Waals surface area contributed by atoms with Crippen LogP contribution in [0.3, 0.4) is 0 Å². The molecule has 6 heteroatoms. The van der Waals surface area contributed by atoms with E-state index in [1.54, 1.807) is 18.5 Å². The Morgan fingerprint density at radius 3 is 2.82 bits per heavy atom. The van der Waals surface area contributed by atoms with Gasteiger partial charge in [0.1, 0.15) is 11.6 Å². The summed E-state index contributed by atoms with van der Waals surface area (Å²) in [5.74, 6) is -0.263. The van der Waals surface area contributed by atoms with E-state index in [9.17, 15) is 9.18 Å². The molecule has 0 aliphatic heterocycles. The zero-order chi connectivity index (χ0) is 15.5. The minimum absolute atomic E-state index is 0.127. The van der Waals surface area contributed by atoms with Gasteiger partial charge in [-0.05, 0) is 54.5 Å². The van der Waals surface area contributed by atoms with Crippen molar-refractivity contribution in [2.45, 2.75) is 25.7 Å². The second kappa shape index (κ2) is 6.19. The molecule has 0 saturated heterocycles. The lowest BCUT2D eigenvalue weighted by Gasteiger charge is -2.24. The molecular weight excluding hydrogens is 285 g/mol. The van der Waals surface area contributed by atoms with Crippen LogP contribution in [0.15, 0.2) is 30.6 Å². The van der Waals surface area contributed by atoms with E-state index in [1.807, 2.05) is 0 Å². The molecule has 3 rings (SSSR count). The highest BCUT2D eigenvalue weighted by Gasteiger charge is 2.23. The maximum Gasteiger partial charge on any atom is 0.277 e. The molecule has 0 fully saturated rings. The number of benzene rings is 1. The van der Waals surface area contributed by atoms with E-state index >= 15 is 0 Å². The van der Waals surface area contributed by atoms with Crippen LogP contribution < -0.4 is 5.48 Å². The van der Waals surface area contributed by atoms with Gasteiger partial charge in [-0.15, -0.1) is 0 Å². The van der Waals surface area contributed by atoms with Gasteiger partial charge in [-0.2, -0.15) is 0 Å². The monoisotopic (exact) mass is 301 g/mol. The SMILES string of the molecule is O=C(NO)c1cc2c(cc1F)CCC(Cc1ncccn1)C2. The minimum Gasteiger partial charge on any atom is -0.288 e. The third kappa shape index (κ3) is 2.96. The lowest BCUT2D eigenvalue weighted by molar-refractivity contribution is 0.0701. The number of rotatable bonds is 3. The first-order valence-electron chi connectivity index (χ1n) is 7.19. The van der Waals surface area contributed by atoms with Gasteiger partial charge < -0.3 is 0 Å². The topological polar surface area (TPSA) is 75.1 Å². The van der Waals surface area contributed by atoms with Gasteiger partial charge in [0.05, 0.1) is 5.56 Å². The second-order valence-corrected chi connectivity index (χ2v) is 5.52. The number of hydrogen-bond acceptors (Lipinski definition) is 4. The van der Waals surface area contributed by atoms with Crippen molar-refractivity contribution in [1.29, 1.82) is 0 Å². The number of fused-ring (bicyclic) bond motifs is 1. The molecule has 5 nitrogen and oxygen atoms in total. The average Bonchev–Trinajstić information content (AvgIpc) is 2.55. The smallest absolute Gasteiger partial charge is 0.277 e. The number of nitrogens with one attached hydrogen (secondary N) is 1. The van der Waals surface area contributed by atoms with Crippen LogP contribution in [0.1, 0.15) is 33.7 Å². The first-order chi connectivity index (χ1) is 10.7. The van der Waals surface area contributed by atoms with E-state index in [2.05, 4.69) is 9.97 Å². The van der Waals surface area contributed by atoms with Gasteiger partial charge in [0.2, 0.25) is 0 Å². The first-order valence-corrected chi connectivity index (χ1v) is 7.19. The molecular formula is C16H16FN3O2. The van der Waals surface area contributed by atoms with Crippen LogP contribution in [0.4, 0.5) is 4.39 Å². The molecule has 0 spiro atoms. The van der Waals surface area contributed by atoms with Crippen molar-refractivity contribution in [2.75, 3.05) is 0 Å². The number of amides is 1. The predicted molar refractivity (Wildman–Crippen MR) is 76.9 cm³/mol. The molecule has 1 amide bonds. The fourth-order valence-electron chi connectivity index (χ4n) is 2.96. The summed E-state index contributed by atoms with van der Waals surface area (Å²) in [5, 5.41) is 8.68. The number of nitrogens with zero attached hydrogens (tertiary/aromatic N) is 2. The van der Waals surface area contributed by atoms with Crippen LogP contribution in [-0.4, -0.2) is 21.1 Å². The van der Waals surface area contributed by atoms with E-state index in [-0.39, 0.29) is 5.56 Å². The summed E-state index contributed by atoms with van der Waals surface area (Å²) >= 11 is 0. The molecule has 0 bridgehead atoms. The van der Waals surface area contributed by atoms with Gasteiger partial charge in [-0.1, -0.05) is 0 Å². The molecule has 1 aliphatic rings. The molecule has 1 heterocycles. The number of aryl methyl sites for hydroxylation is 1. The number of aromatic nitrogens is 2. The summed E-state index contributed by atoms with van der Waals surface area (Å²) in [5.41, 5.74) is 3.23. The van der Waals surface area contributed by atoms with Crippen LogP contribution in [0.5, 0.6) is 0 Å². The maximum atomic E-state index is 13.9. The second-order valence-electron chi connectivity index (χ2n) is 5.52. The molecule has 1 aromatic carbocycles.